The SMILES string of the molecule is O=C1C[C@H]([NH+]2CC[NH+](Cc3ccc4c(c3)OCO4)CC2)C(=O)N1c1cc(Cl)cc(Cl)c1. The molecule has 1 atom stereocenters. The molecule has 0 aromatic heterocycles. The molecule has 31 heavy (non-hydrogen) atoms. The zero-order valence-corrected chi connectivity index (χ0v) is 18.3. The van der Waals surface area contributed by atoms with Crippen molar-refractivity contribution in [1.82, 2.24) is 0 Å². The highest BCUT2D eigenvalue weighted by atomic mass is 35.5. The van der Waals surface area contributed by atoms with Crippen molar-refractivity contribution in [3.63, 3.8) is 0 Å². The number of imide groups is 1. The number of benzene rings is 2. The molecule has 9 heteroatoms. The van der Waals surface area contributed by atoms with Crippen LogP contribution in [0.5, 0.6) is 11.5 Å². The number of rotatable bonds is 4. The molecule has 7 nitrogen and oxygen atoms in total. The highest BCUT2D eigenvalue weighted by molar-refractivity contribution is 6.35. The molecular formula is C22H23Cl2N3O4+2. The van der Waals surface area contributed by atoms with Gasteiger partial charge in [-0.3, -0.25) is 9.59 Å². The fraction of sp³-hybridized carbons (Fsp3) is 0.364. The molecule has 0 radical (unpaired) electrons. The van der Waals surface area contributed by atoms with Gasteiger partial charge in [0.1, 0.15) is 32.7 Å². The van der Waals surface area contributed by atoms with Gasteiger partial charge in [-0.2, -0.15) is 0 Å². The number of nitrogens with zero attached hydrogens (tertiary/aromatic N) is 1. The molecule has 2 fully saturated rings. The normalized spacial score (nSPS) is 25.4. The van der Waals surface area contributed by atoms with Crippen LogP contribution < -0.4 is 24.2 Å². The van der Waals surface area contributed by atoms with E-state index in [-0.39, 0.29) is 31.1 Å². The summed E-state index contributed by atoms with van der Waals surface area (Å²) >= 11 is 12.1. The summed E-state index contributed by atoms with van der Waals surface area (Å²) in [6, 6.07) is 10.5. The van der Waals surface area contributed by atoms with Gasteiger partial charge in [0.2, 0.25) is 12.7 Å². The summed E-state index contributed by atoms with van der Waals surface area (Å²) in [4.78, 5) is 29.6. The number of carbonyl (C=O) groups excluding carboxylic acids is 2. The van der Waals surface area contributed by atoms with Crippen LogP contribution in [0.4, 0.5) is 5.69 Å². The molecule has 5 rings (SSSR count). The van der Waals surface area contributed by atoms with E-state index >= 15 is 0 Å². The number of piperazine rings is 1. The first-order valence-electron chi connectivity index (χ1n) is 10.4. The predicted molar refractivity (Wildman–Crippen MR) is 115 cm³/mol. The van der Waals surface area contributed by atoms with Crippen LogP contribution in [0.25, 0.3) is 0 Å². The van der Waals surface area contributed by atoms with E-state index in [1.54, 1.807) is 18.2 Å². The van der Waals surface area contributed by atoms with Gasteiger partial charge in [0.05, 0.1) is 12.1 Å². The van der Waals surface area contributed by atoms with Crippen LogP contribution in [-0.2, 0) is 16.1 Å². The number of amides is 2. The predicted octanol–water partition coefficient (Wildman–Crippen LogP) is 0.338. The maximum Gasteiger partial charge on any atom is 0.292 e. The molecule has 0 spiro atoms. The Labute approximate surface area is 190 Å². The van der Waals surface area contributed by atoms with Gasteiger partial charge in [-0.15, -0.1) is 0 Å². The first-order valence-corrected chi connectivity index (χ1v) is 11.1. The monoisotopic (exact) mass is 463 g/mol. The van der Waals surface area contributed by atoms with Gasteiger partial charge >= 0.3 is 0 Å². The van der Waals surface area contributed by atoms with Gasteiger partial charge in [0, 0.05) is 15.6 Å². The summed E-state index contributed by atoms with van der Waals surface area (Å²) in [6.45, 7) is 4.73. The van der Waals surface area contributed by atoms with Crippen LogP contribution in [0.2, 0.25) is 10.0 Å². The van der Waals surface area contributed by atoms with E-state index in [2.05, 4.69) is 6.07 Å². The van der Waals surface area contributed by atoms with Crippen LogP contribution in [0.15, 0.2) is 36.4 Å². The second-order valence-electron chi connectivity index (χ2n) is 8.22. The summed E-state index contributed by atoms with van der Waals surface area (Å²) in [5.74, 6) is 1.23. The number of carbonyl (C=O) groups is 2. The minimum Gasteiger partial charge on any atom is -0.454 e. The van der Waals surface area contributed by atoms with Gasteiger partial charge in [0.25, 0.3) is 5.91 Å². The summed E-state index contributed by atoms with van der Waals surface area (Å²) in [6.07, 6.45) is 0.218. The van der Waals surface area contributed by atoms with Gasteiger partial charge in [0.15, 0.2) is 17.5 Å². The van der Waals surface area contributed by atoms with Crippen molar-refractivity contribution < 1.29 is 28.9 Å². The number of hydrogen-bond donors (Lipinski definition) is 2. The van der Waals surface area contributed by atoms with E-state index < -0.39 is 0 Å². The smallest absolute Gasteiger partial charge is 0.292 e. The van der Waals surface area contributed by atoms with Crippen molar-refractivity contribution in [2.75, 3.05) is 37.9 Å². The van der Waals surface area contributed by atoms with Crippen LogP contribution in [0.3, 0.4) is 0 Å². The molecule has 3 aliphatic rings. The molecule has 0 bridgehead atoms. The fourth-order valence-electron chi connectivity index (χ4n) is 4.68. The standard InChI is InChI=1S/C22H21Cl2N3O4/c23-15-8-16(24)10-17(9-15)27-21(28)11-18(22(27)29)26-5-3-25(4-6-26)12-14-1-2-19-20(7-14)31-13-30-19/h1-2,7-10,18H,3-6,11-13H2/p+2/t18-/m0/s1. The van der Waals surface area contributed by atoms with Crippen molar-refractivity contribution >= 4 is 40.7 Å². The fourth-order valence-corrected chi connectivity index (χ4v) is 5.19. The number of ether oxygens (including phenoxy) is 2. The van der Waals surface area contributed by atoms with E-state index in [1.807, 2.05) is 12.1 Å². The lowest BCUT2D eigenvalue weighted by atomic mass is 10.1. The molecule has 2 aromatic carbocycles. The van der Waals surface area contributed by atoms with Crippen molar-refractivity contribution in [2.24, 2.45) is 0 Å². The number of hydrogen-bond acceptors (Lipinski definition) is 4. The lowest BCUT2D eigenvalue weighted by Gasteiger charge is -2.32. The largest absolute Gasteiger partial charge is 0.454 e. The lowest BCUT2D eigenvalue weighted by molar-refractivity contribution is -1.02. The Morgan fingerprint density at radius 3 is 2.39 bits per heavy atom. The molecular weight excluding hydrogens is 441 g/mol. The molecule has 3 aliphatic heterocycles. The van der Waals surface area contributed by atoms with Crippen LogP contribution >= 0.6 is 23.2 Å². The Bertz CT molecular complexity index is 1020. The Morgan fingerprint density at radius 2 is 1.65 bits per heavy atom. The van der Waals surface area contributed by atoms with Crippen molar-refractivity contribution in [2.45, 2.75) is 19.0 Å². The third-order valence-corrected chi connectivity index (χ3v) is 6.67. The number of anilines is 1. The summed E-state index contributed by atoms with van der Waals surface area (Å²) in [7, 11) is 0. The summed E-state index contributed by atoms with van der Waals surface area (Å²) in [5, 5.41) is 0.805. The maximum atomic E-state index is 13.1. The second-order valence-corrected chi connectivity index (χ2v) is 9.10. The average molecular weight is 464 g/mol. The second kappa shape index (κ2) is 8.31. The quantitative estimate of drug-likeness (QED) is 0.641. The number of halogens is 2. The minimum atomic E-state index is -0.350. The van der Waals surface area contributed by atoms with Crippen molar-refractivity contribution in [3.05, 3.63) is 52.0 Å². The molecule has 0 saturated carbocycles. The Hall–Kier alpha value is -2.32. The summed E-state index contributed by atoms with van der Waals surface area (Å²) in [5.41, 5.74) is 1.65. The lowest BCUT2D eigenvalue weighted by Crippen LogP contribution is -3.29. The average Bonchev–Trinajstić information content (AvgIpc) is 3.31. The Kier molecular flexibility index (Phi) is 5.52. The number of quaternary nitrogens is 2. The Morgan fingerprint density at radius 1 is 0.935 bits per heavy atom. The van der Waals surface area contributed by atoms with Crippen LogP contribution in [0, 0.1) is 0 Å². The molecule has 2 N–H and O–H groups in total. The van der Waals surface area contributed by atoms with E-state index in [0.29, 0.717) is 15.7 Å². The van der Waals surface area contributed by atoms with Crippen molar-refractivity contribution in [1.29, 1.82) is 0 Å². The van der Waals surface area contributed by atoms with E-state index in [1.165, 1.54) is 20.3 Å². The van der Waals surface area contributed by atoms with Gasteiger partial charge in [-0.1, -0.05) is 23.2 Å². The first kappa shape index (κ1) is 20.6. The zero-order valence-electron chi connectivity index (χ0n) is 16.8. The van der Waals surface area contributed by atoms with Crippen LogP contribution in [-0.4, -0.2) is 50.8 Å². The molecule has 162 valence electrons. The van der Waals surface area contributed by atoms with Gasteiger partial charge < -0.3 is 19.3 Å². The third-order valence-electron chi connectivity index (χ3n) is 6.24. The number of fused-ring (bicyclic) bond motifs is 1. The topological polar surface area (TPSA) is 64.7 Å². The highest BCUT2D eigenvalue weighted by Crippen LogP contribution is 2.32. The van der Waals surface area contributed by atoms with E-state index in [4.69, 9.17) is 32.7 Å². The zero-order chi connectivity index (χ0) is 21.5. The molecule has 2 saturated heterocycles. The van der Waals surface area contributed by atoms with Crippen molar-refractivity contribution in [3.8, 4) is 11.5 Å². The first-order chi connectivity index (χ1) is 15.0. The maximum absolute atomic E-state index is 13.1. The van der Waals surface area contributed by atoms with E-state index in [0.717, 1.165) is 44.2 Å². The third kappa shape index (κ3) is 4.11. The van der Waals surface area contributed by atoms with Gasteiger partial charge in [-0.25, -0.2) is 4.90 Å². The molecule has 0 aliphatic carbocycles. The van der Waals surface area contributed by atoms with E-state index in [9.17, 15) is 9.59 Å². The number of nitrogens with one attached hydrogen (secondary N) is 2. The van der Waals surface area contributed by atoms with Crippen LogP contribution in [0.1, 0.15) is 12.0 Å². The minimum absolute atomic E-state index is 0.169. The highest BCUT2D eigenvalue weighted by Gasteiger charge is 2.47. The molecule has 2 aromatic rings. The molecule has 2 amide bonds. The summed E-state index contributed by atoms with van der Waals surface area (Å²) < 4.78 is 10.8. The molecule has 0 unspecified atom stereocenters. The Balaban J connectivity index is 1.21. The van der Waals surface area contributed by atoms with Gasteiger partial charge in [-0.05, 0) is 36.4 Å². The molecule has 3 heterocycles.